The average molecular weight is 279 g/mol. The number of aromatic hydroxyl groups is 1. The molecule has 104 valence electrons. The van der Waals surface area contributed by atoms with Gasteiger partial charge in [0.2, 0.25) is 0 Å². The lowest BCUT2D eigenvalue weighted by Gasteiger charge is -2.05. The number of carbonyl (C=O) groups excluding carboxylic acids is 1. The van der Waals surface area contributed by atoms with E-state index in [0.29, 0.717) is 0 Å². The van der Waals surface area contributed by atoms with Gasteiger partial charge >= 0.3 is 5.97 Å². The monoisotopic (exact) mass is 279 g/mol. The van der Waals surface area contributed by atoms with Crippen LogP contribution in [-0.2, 0) is 11.3 Å². The molecule has 0 saturated carbocycles. The van der Waals surface area contributed by atoms with Crippen molar-refractivity contribution in [3.05, 3.63) is 72.1 Å². The van der Waals surface area contributed by atoms with Crippen LogP contribution in [0.2, 0.25) is 0 Å². The Balaban J connectivity index is 1.77. The number of esters is 1. The first kappa shape index (κ1) is 13.1. The molecule has 0 amide bonds. The third kappa shape index (κ3) is 3.00. The van der Waals surface area contributed by atoms with Crippen LogP contribution in [-0.4, -0.2) is 16.1 Å². The maximum atomic E-state index is 12.0. The molecule has 3 rings (SSSR count). The van der Waals surface area contributed by atoms with Crippen LogP contribution in [0.4, 0.5) is 0 Å². The minimum absolute atomic E-state index is 0.170. The Morgan fingerprint density at radius 1 is 1.05 bits per heavy atom. The molecule has 0 unspecified atom stereocenters. The summed E-state index contributed by atoms with van der Waals surface area (Å²) in [4.78, 5) is 16.1. The summed E-state index contributed by atoms with van der Waals surface area (Å²) < 4.78 is 5.24. The Hall–Kier alpha value is -2.88. The number of fused-ring (bicyclic) bond motifs is 1. The van der Waals surface area contributed by atoms with Crippen molar-refractivity contribution in [1.82, 2.24) is 4.98 Å². The standard InChI is InChI=1S/C17H13NO3/c19-15-7-6-13-9-16(18-10-14(13)8-15)17(20)21-11-12-4-2-1-3-5-12/h1-10,19H,11H2. The minimum atomic E-state index is -0.464. The molecule has 0 radical (unpaired) electrons. The van der Waals surface area contributed by atoms with E-state index in [2.05, 4.69) is 4.98 Å². The zero-order chi connectivity index (χ0) is 14.7. The molecule has 4 heteroatoms. The van der Waals surface area contributed by atoms with Crippen LogP contribution in [0.1, 0.15) is 16.1 Å². The van der Waals surface area contributed by atoms with E-state index in [9.17, 15) is 9.90 Å². The fraction of sp³-hybridized carbons (Fsp3) is 0.0588. The van der Waals surface area contributed by atoms with Gasteiger partial charge in [0, 0.05) is 11.6 Å². The van der Waals surface area contributed by atoms with Crippen LogP contribution in [0, 0.1) is 0 Å². The predicted octanol–water partition coefficient (Wildman–Crippen LogP) is 3.30. The van der Waals surface area contributed by atoms with Gasteiger partial charge in [-0.15, -0.1) is 0 Å². The maximum Gasteiger partial charge on any atom is 0.357 e. The van der Waals surface area contributed by atoms with Crippen LogP contribution in [0.15, 0.2) is 60.8 Å². The SMILES string of the molecule is O=C(OCc1ccccc1)c1cc2ccc(O)cc2cn1. The number of nitrogens with zero attached hydrogens (tertiary/aromatic N) is 1. The molecular weight excluding hydrogens is 266 g/mol. The molecule has 0 aliphatic heterocycles. The number of phenols is 1. The van der Waals surface area contributed by atoms with E-state index in [-0.39, 0.29) is 18.1 Å². The second-order valence-electron chi connectivity index (χ2n) is 4.66. The average Bonchev–Trinajstić information content (AvgIpc) is 2.53. The lowest BCUT2D eigenvalue weighted by atomic mass is 10.1. The van der Waals surface area contributed by atoms with Crippen molar-refractivity contribution in [1.29, 1.82) is 0 Å². The first-order valence-corrected chi connectivity index (χ1v) is 6.52. The maximum absolute atomic E-state index is 12.0. The van der Waals surface area contributed by atoms with Crippen LogP contribution < -0.4 is 0 Å². The van der Waals surface area contributed by atoms with Crippen molar-refractivity contribution in [2.75, 3.05) is 0 Å². The van der Waals surface area contributed by atoms with Gasteiger partial charge < -0.3 is 9.84 Å². The van der Waals surface area contributed by atoms with Crippen molar-refractivity contribution in [2.45, 2.75) is 6.61 Å². The van der Waals surface area contributed by atoms with Gasteiger partial charge in [-0.2, -0.15) is 0 Å². The molecule has 2 aromatic carbocycles. The molecular formula is C17H13NO3. The largest absolute Gasteiger partial charge is 0.508 e. The fourth-order valence-electron chi connectivity index (χ4n) is 2.04. The predicted molar refractivity (Wildman–Crippen MR) is 79.0 cm³/mol. The Morgan fingerprint density at radius 3 is 2.67 bits per heavy atom. The molecule has 3 aromatic rings. The molecule has 1 aromatic heterocycles. The second kappa shape index (κ2) is 5.63. The third-order valence-corrected chi connectivity index (χ3v) is 3.13. The van der Waals surface area contributed by atoms with Gasteiger partial charge in [0.1, 0.15) is 18.1 Å². The third-order valence-electron chi connectivity index (χ3n) is 3.13. The molecule has 0 spiro atoms. The number of hydrogen-bond donors (Lipinski definition) is 1. The topological polar surface area (TPSA) is 59.4 Å². The van der Waals surface area contributed by atoms with Gasteiger partial charge in [-0.05, 0) is 29.1 Å². The van der Waals surface area contributed by atoms with Crippen LogP contribution in [0.3, 0.4) is 0 Å². The summed E-state index contributed by atoms with van der Waals surface area (Å²) >= 11 is 0. The Bertz CT molecular complexity index is 784. The lowest BCUT2D eigenvalue weighted by Crippen LogP contribution is -2.07. The van der Waals surface area contributed by atoms with Gasteiger partial charge in [0.05, 0.1) is 0 Å². The van der Waals surface area contributed by atoms with Crippen molar-refractivity contribution >= 4 is 16.7 Å². The number of hydrogen-bond acceptors (Lipinski definition) is 4. The molecule has 1 heterocycles. The molecule has 21 heavy (non-hydrogen) atoms. The molecule has 4 nitrogen and oxygen atoms in total. The van der Waals surface area contributed by atoms with Crippen LogP contribution in [0.25, 0.3) is 10.8 Å². The molecule has 0 bridgehead atoms. The number of ether oxygens (including phenoxy) is 1. The van der Waals surface area contributed by atoms with Gasteiger partial charge in [-0.25, -0.2) is 9.78 Å². The number of benzene rings is 2. The van der Waals surface area contributed by atoms with Gasteiger partial charge in [-0.1, -0.05) is 36.4 Å². The number of rotatable bonds is 3. The van der Waals surface area contributed by atoms with Crippen molar-refractivity contribution in [3.63, 3.8) is 0 Å². The summed E-state index contributed by atoms with van der Waals surface area (Å²) in [6.07, 6.45) is 1.55. The number of pyridine rings is 1. The smallest absolute Gasteiger partial charge is 0.357 e. The summed E-state index contributed by atoms with van der Waals surface area (Å²) in [6, 6.07) is 16.0. The Labute approximate surface area is 121 Å². The van der Waals surface area contributed by atoms with E-state index in [1.807, 2.05) is 30.3 Å². The quantitative estimate of drug-likeness (QED) is 0.747. The van der Waals surface area contributed by atoms with E-state index in [1.165, 1.54) is 0 Å². The Kier molecular flexibility index (Phi) is 3.51. The Morgan fingerprint density at radius 2 is 1.86 bits per heavy atom. The first-order valence-electron chi connectivity index (χ1n) is 6.52. The summed E-state index contributed by atoms with van der Waals surface area (Å²) in [5.74, 6) is -0.294. The van der Waals surface area contributed by atoms with Crippen LogP contribution in [0.5, 0.6) is 5.75 Å². The van der Waals surface area contributed by atoms with E-state index in [0.717, 1.165) is 16.3 Å². The zero-order valence-corrected chi connectivity index (χ0v) is 11.2. The summed E-state index contributed by atoms with van der Waals surface area (Å²) in [7, 11) is 0. The van der Waals surface area contributed by atoms with E-state index in [1.54, 1.807) is 30.5 Å². The molecule has 0 aliphatic carbocycles. The lowest BCUT2D eigenvalue weighted by molar-refractivity contribution is 0.0466. The van der Waals surface area contributed by atoms with Crippen molar-refractivity contribution < 1.29 is 14.6 Å². The van der Waals surface area contributed by atoms with Crippen molar-refractivity contribution in [3.8, 4) is 5.75 Å². The highest BCUT2D eigenvalue weighted by molar-refractivity contribution is 5.93. The highest BCUT2D eigenvalue weighted by Crippen LogP contribution is 2.20. The van der Waals surface area contributed by atoms with E-state index in [4.69, 9.17) is 4.74 Å². The van der Waals surface area contributed by atoms with Gasteiger partial charge in [0.25, 0.3) is 0 Å². The van der Waals surface area contributed by atoms with Crippen LogP contribution >= 0.6 is 0 Å². The fourth-order valence-corrected chi connectivity index (χ4v) is 2.04. The zero-order valence-electron chi connectivity index (χ0n) is 11.2. The molecule has 0 atom stereocenters. The highest BCUT2D eigenvalue weighted by Gasteiger charge is 2.10. The van der Waals surface area contributed by atoms with Gasteiger partial charge in [-0.3, -0.25) is 0 Å². The minimum Gasteiger partial charge on any atom is -0.508 e. The van der Waals surface area contributed by atoms with E-state index < -0.39 is 5.97 Å². The molecule has 0 aliphatic rings. The highest BCUT2D eigenvalue weighted by atomic mass is 16.5. The first-order chi connectivity index (χ1) is 10.2. The normalized spacial score (nSPS) is 10.5. The molecule has 0 fully saturated rings. The molecule has 0 saturated heterocycles. The second-order valence-corrected chi connectivity index (χ2v) is 4.66. The summed E-state index contributed by atoms with van der Waals surface area (Å²) in [6.45, 7) is 0.217. The number of carbonyl (C=O) groups is 1. The summed E-state index contributed by atoms with van der Waals surface area (Å²) in [5, 5.41) is 11.0. The van der Waals surface area contributed by atoms with E-state index >= 15 is 0 Å². The number of phenolic OH excluding ortho intramolecular Hbond substituents is 1. The van der Waals surface area contributed by atoms with Gasteiger partial charge in [0.15, 0.2) is 0 Å². The number of aromatic nitrogens is 1. The molecule has 1 N–H and O–H groups in total. The summed E-state index contributed by atoms with van der Waals surface area (Å²) in [5.41, 5.74) is 1.18. The van der Waals surface area contributed by atoms with Crippen molar-refractivity contribution in [2.24, 2.45) is 0 Å².